The summed E-state index contributed by atoms with van der Waals surface area (Å²) in [6.45, 7) is -1.67. The van der Waals surface area contributed by atoms with Crippen LogP contribution in [-0.4, -0.2) is 125 Å². The number of aromatic nitrogens is 1. The van der Waals surface area contributed by atoms with Gasteiger partial charge >= 0.3 is 30.1 Å². The molecular formula is C28H36F6N10O9S. The van der Waals surface area contributed by atoms with Gasteiger partial charge in [0.15, 0.2) is 11.1 Å². The minimum atomic E-state index is -5.26. The average Bonchev–Trinajstić information content (AvgIpc) is 3.49. The molecule has 0 aliphatic carbocycles. The highest BCUT2D eigenvalue weighted by Crippen LogP contribution is 2.18. The lowest BCUT2D eigenvalue weighted by Gasteiger charge is -2.31. The quantitative estimate of drug-likeness (QED) is 0.0560. The zero-order valence-corrected chi connectivity index (χ0v) is 29.0. The fourth-order valence-corrected chi connectivity index (χ4v) is 5.32. The number of carbonyl (C=O) groups is 8. The smallest absolute Gasteiger partial charge is 0.471 e. The molecule has 0 aromatic carbocycles. The molecule has 3 atom stereocenters. The molecule has 0 saturated carbocycles. The number of nitrogens with one attached hydrogen (secondary N) is 6. The Labute approximate surface area is 305 Å². The lowest BCUT2D eigenvalue weighted by Crippen LogP contribution is -2.56. The van der Waals surface area contributed by atoms with Crippen molar-refractivity contribution in [3.63, 3.8) is 0 Å². The number of aliphatic carboxylic acids is 1. The van der Waals surface area contributed by atoms with Gasteiger partial charge in [0.05, 0.1) is 25.1 Å². The zero-order chi connectivity index (χ0) is 40.8. The molecule has 26 heteroatoms. The summed E-state index contributed by atoms with van der Waals surface area (Å²) in [6, 6.07) is -4.56. The number of carboxylic acids is 1. The van der Waals surface area contributed by atoms with Crippen molar-refractivity contribution in [2.45, 2.75) is 75.4 Å². The Morgan fingerprint density at radius 1 is 0.963 bits per heavy atom. The van der Waals surface area contributed by atoms with E-state index in [2.05, 4.69) is 31.2 Å². The maximum Gasteiger partial charge on any atom is 0.471 e. The van der Waals surface area contributed by atoms with Crippen molar-refractivity contribution >= 4 is 69.7 Å². The van der Waals surface area contributed by atoms with Gasteiger partial charge in [0.1, 0.15) is 18.1 Å². The van der Waals surface area contributed by atoms with Gasteiger partial charge in [-0.3, -0.25) is 48.7 Å². The van der Waals surface area contributed by atoms with Crippen LogP contribution in [0.1, 0.15) is 44.2 Å². The highest BCUT2D eigenvalue weighted by molar-refractivity contribution is 7.14. The van der Waals surface area contributed by atoms with Gasteiger partial charge < -0.3 is 42.3 Å². The van der Waals surface area contributed by atoms with Gasteiger partial charge in [0, 0.05) is 25.5 Å². The van der Waals surface area contributed by atoms with E-state index >= 15 is 0 Å². The molecule has 0 fully saturated rings. The Bertz CT molecular complexity index is 1600. The predicted octanol–water partition coefficient (Wildman–Crippen LogP) is -1.35. The van der Waals surface area contributed by atoms with E-state index < -0.39 is 110 Å². The summed E-state index contributed by atoms with van der Waals surface area (Å²) in [5, 5.41) is 22.7. The number of rotatable bonds is 11. The molecule has 0 radical (unpaired) electrons. The lowest BCUT2D eigenvalue weighted by molar-refractivity contribution is -0.173. The third-order valence-corrected chi connectivity index (χ3v) is 8.01. The van der Waals surface area contributed by atoms with E-state index in [-0.39, 0.29) is 49.5 Å². The fourth-order valence-electron chi connectivity index (χ4n) is 4.61. The van der Waals surface area contributed by atoms with Gasteiger partial charge in [-0.25, -0.2) is 4.98 Å². The summed E-state index contributed by atoms with van der Waals surface area (Å²) >= 11 is 0.847. The van der Waals surface area contributed by atoms with Crippen molar-refractivity contribution in [2.24, 2.45) is 10.7 Å². The van der Waals surface area contributed by atoms with Gasteiger partial charge in [-0.1, -0.05) is 0 Å². The number of hydrogen-bond donors (Lipinski definition) is 8. The Morgan fingerprint density at radius 2 is 1.61 bits per heavy atom. The number of anilines is 1. The van der Waals surface area contributed by atoms with Crippen molar-refractivity contribution in [2.75, 3.05) is 32.0 Å². The first-order valence-electron chi connectivity index (χ1n) is 15.7. The number of guanidine groups is 1. The molecule has 300 valence electrons. The topological polar surface area (TPSA) is 283 Å². The second-order valence-corrected chi connectivity index (χ2v) is 12.3. The van der Waals surface area contributed by atoms with Crippen LogP contribution in [0, 0.1) is 0 Å². The molecule has 1 aromatic rings. The number of nitrogens with zero attached hydrogens (tertiary/aromatic N) is 3. The zero-order valence-electron chi connectivity index (χ0n) is 28.2. The van der Waals surface area contributed by atoms with Crippen LogP contribution in [0.4, 0.5) is 31.5 Å². The van der Waals surface area contributed by atoms with Crippen LogP contribution in [0.5, 0.6) is 0 Å². The van der Waals surface area contributed by atoms with Crippen molar-refractivity contribution in [3.8, 4) is 0 Å². The molecule has 0 spiro atoms. The first kappa shape index (κ1) is 44.6. The summed E-state index contributed by atoms with van der Waals surface area (Å²) in [4.78, 5) is 108. The van der Waals surface area contributed by atoms with Crippen LogP contribution in [0.2, 0.25) is 0 Å². The highest BCUT2D eigenvalue weighted by Gasteiger charge is 2.40. The van der Waals surface area contributed by atoms with Crippen molar-refractivity contribution < 1.29 is 69.8 Å². The molecule has 2 heterocycles. The van der Waals surface area contributed by atoms with E-state index in [4.69, 9.17) is 5.73 Å². The average molecular weight is 803 g/mol. The normalized spacial score (nSPS) is 19.8. The second-order valence-electron chi connectivity index (χ2n) is 11.4. The van der Waals surface area contributed by atoms with Crippen molar-refractivity contribution in [3.05, 3.63) is 11.1 Å². The van der Waals surface area contributed by atoms with Crippen LogP contribution in [-0.2, 0) is 44.8 Å². The van der Waals surface area contributed by atoms with Crippen LogP contribution in [0.15, 0.2) is 10.4 Å². The molecule has 9 N–H and O–H groups in total. The van der Waals surface area contributed by atoms with Gasteiger partial charge in [0.2, 0.25) is 29.5 Å². The Morgan fingerprint density at radius 3 is 2.24 bits per heavy atom. The largest absolute Gasteiger partial charge is 0.481 e. The summed E-state index contributed by atoms with van der Waals surface area (Å²) < 4.78 is 75.2. The summed E-state index contributed by atoms with van der Waals surface area (Å²) in [5.41, 5.74) is 5.40. The number of aliphatic imine (C=N–C) groups is 1. The minimum Gasteiger partial charge on any atom is -0.481 e. The molecule has 0 saturated heterocycles. The summed E-state index contributed by atoms with van der Waals surface area (Å²) in [7, 11) is 1.13. The maximum absolute atomic E-state index is 13.8. The van der Waals surface area contributed by atoms with E-state index in [1.165, 1.54) is 10.7 Å². The molecule has 2 bridgehead atoms. The number of likely N-dealkylation sites (N-methyl/N-ethyl adjacent to an activating group) is 1. The van der Waals surface area contributed by atoms with Crippen molar-refractivity contribution in [1.82, 2.24) is 36.5 Å². The molecular weight excluding hydrogens is 766 g/mol. The van der Waals surface area contributed by atoms with Crippen LogP contribution in [0.25, 0.3) is 0 Å². The van der Waals surface area contributed by atoms with Gasteiger partial charge in [-0.05, 0) is 32.1 Å². The highest BCUT2D eigenvalue weighted by atomic mass is 32.1. The Balaban J connectivity index is 2.37. The Hall–Kier alpha value is -5.56. The Kier molecular flexibility index (Phi) is 16.6. The number of halogens is 6. The van der Waals surface area contributed by atoms with E-state index in [9.17, 15) is 69.8 Å². The van der Waals surface area contributed by atoms with E-state index in [0.717, 1.165) is 23.3 Å². The first-order chi connectivity index (χ1) is 25.1. The molecule has 7 amide bonds. The molecule has 3 unspecified atom stereocenters. The van der Waals surface area contributed by atoms with E-state index in [0.29, 0.717) is 0 Å². The van der Waals surface area contributed by atoms with Crippen LogP contribution in [0.3, 0.4) is 0 Å². The number of unbranched alkanes of at least 4 members (excludes halogenated alkanes) is 1. The number of nitrogens with two attached hydrogens (primary N) is 1. The number of carbonyl (C=O) groups excluding carboxylic acids is 7. The van der Waals surface area contributed by atoms with E-state index in [1.807, 2.05) is 0 Å². The molecule has 19 nitrogen and oxygen atoms in total. The fraction of sp³-hybridized carbons (Fsp3) is 0.571. The number of alkyl halides is 6. The van der Waals surface area contributed by atoms with Gasteiger partial charge in [0.25, 0.3) is 0 Å². The van der Waals surface area contributed by atoms with Gasteiger partial charge in [-0.2, -0.15) is 26.3 Å². The number of amides is 7. The van der Waals surface area contributed by atoms with Crippen LogP contribution < -0.4 is 37.6 Å². The standard InChI is InChI=1S/C28H36F6N10O9S/c1-44-16(6-4-8-37-25(35)43-24(53)28(32,33)34)21(50)38-11-18(46)41-15(10-19(47)48)20(49)42-26-39-13(12-54-26)9-17(45)40-14(22(44)51)5-2-3-7-36-23(52)27(29,30)31/h12,14-16H,2-11H2,1H3,(H,36,52)(H,38,50)(H,40,45)(H,41,46)(H,47,48)(H,39,42,49)(H3,35,37,43,53). The summed E-state index contributed by atoms with van der Waals surface area (Å²) in [6.07, 6.45) is -12.5. The molecule has 2 rings (SSSR count). The summed E-state index contributed by atoms with van der Waals surface area (Å²) in [5.74, 6) is -11.7. The number of carboxylic acid groups (broad SMARTS) is 1. The lowest BCUT2D eigenvalue weighted by atomic mass is 10.0. The van der Waals surface area contributed by atoms with Crippen molar-refractivity contribution in [1.29, 1.82) is 0 Å². The first-order valence-corrected chi connectivity index (χ1v) is 16.6. The third-order valence-electron chi connectivity index (χ3n) is 7.21. The number of thiazole rings is 1. The monoisotopic (exact) mass is 802 g/mol. The number of hydrogen-bond acceptors (Lipinski definition) is 11. The third kappa shape index (κ3) is 15.2. The predicted molar refractivity (Wildman–Crippen MR) is 173 cm³/mol. The minimum absolute atomic E-state index is 0.0261. The van der Waals surface area contributed by atoms with Crippen LogP contribution >= 0.6 is 11.3 Å². The molecule has 1 aliphatic rings. The molecule has 1 aromatic heterocycles. The maximum atomic E-state index is 13.8. The second kappa shape index (κ2) is 20.0. The SMILES string of the molecule is CN1C(=O)C(CCCCNC(=O)C(F)(F)F)NC(=O)Cc2csc(n2)NC(=O)C(CC(=O)O)NC(=O)CNC(=O)C1CCCN=C(N)NC(=O)C(F)(F)F. The van der Waals surface area contributed by atoms with E-state index in [1.54, 1.807) is 5.32 Å². The number of fused-ring (bicyclic) bond motifs is 2. The van der Waals surface area contributed by atoms with Gasteiger partial charge in [-0.15, -0.1) is 11.3 Å². The molecule has 1 aliphatic heterocycles. The molecule has 54 heavy (non-hydrogen) atoms.